The molecule has 0 aliphatic rings. The molecule has 1 unspecified atom stereocenters. The number of rotatable bonds is 5. The van der Waals surface area contributed by atoms with Crippen LogP contribution >= 0.6 is 0 Å². The van der Waals surface area contributed by atoms with Crippen molar-refractivity contribution in [3.8, 4) is 0 Å². The van der Waals surface area contributed by atoms with Crippen LogP contribution in [0.3, 0.4) is 0 Å². The third-order valence-corrected chi connectivity index (χ3v) is 1.82. The van der Waals surface area contributed by atoms with Crippen molar-refractivity contribution in [3.63, 3.8) is 0 Å². The number of hydrogen-bond acceptors (Lipinski definition) is 3. The molecule has 0 rings (SSSR count). The van der Waals surface area contributed by atoms with Crippen LogP contribution in [0.2, 0.25) is 0 Å². The molecule has 0 fully saturated rings. The summed E-state index contributed by atoms with van der Waals surface area (Å²) in [7, 11) is 3.94. The van der Waals surface area contributed by atoms with Gasteiger partial charge >= 0.3 is 0 Å². The summed E-state index contributed by atoms with van der Waals surface area (Å²) in [6, 6.07) is 0. The van der Waals surface area contributed by atoms with Gasteiger partial charge in [-0.25, -0.2) is 0 Å². The Morgan fingerprint density at radius 1 is 1.07 bits per heavy atom. The van der Waals surface area contributed by atoms with Gasteiger partial charge in [-0.1, -0.05) is 20.8 Å². The second-order valence-electron chi connectivity index (χ2n) is 5.90. The lowest BCUT2D eigenvalue weighted by Gasteiger charge is -2.29. The standard InChI is InChI=1S/C11H26N2O/c1-10(2,3)7-12-8-11(4,14)9-13(5)6/h12,14H,7-9H2,1-6H3. The minimum atomic E-state index is -0.644. The maximum absolute atomic E-state index is 9.98. The van der Waals surface area contributed by atoms with Crippen LogP contribution in [0.15, 0.2) is 0 Å². The van der Waals surface area contributed by atoms with E-state index in [1.807, 2.05) is 25.9 Å². The first-order valence-electron chi connectivity index (χ1n) is 5.20. The van der Waals surface area contributed by atoms with Crippen LogP contribution in [0, 0.1) is 5.41 Å². The molecule has 0 aromatic heterocycles. The van der Waals surface area contributed by atoms with Crippen molar-refractivity contribution >= 4 is 0 Å². The predicted molar refractivity (Wildman–Crippen MR) is 61.5 cm³/mol. The van der Waals surface area contributed by atoms with Crippen molar-refractivity contribution in [3.05, 3.63) is 0 Å². The number of aliphatic hydroxyl groups is 1. The van der Waals surface area contributed by atoms with E-state index in [1.165, 1.54) is 0 Å². The van der Waals surface area contributed by atoms with Crippen molar-refractivity contribution < 1.29 is 5.11 Å². The summed E-state index contributed by atoms with van der Waals surface area (Å²) < 4.78 is 0. The van der Waals surface area contributed by atoms with E-state index in [-0.39, 0.29) is 5.41 Å². The van der Waals surface area contributed by atoms with Crippen molar-refractivity contribution in [1.29, 1.82) is 0 Å². The fourth-order valence-corrected chi connectivity index (χ4v) is 1.44. The summed E-state index contributed by atoms with van der Waals surface area (Å²) in [6.07, 6.45) is 0. The Bertz CT molecular complexity index is 159. The lowest BCUT2D eigenvalue weighted by Crippen LogP contribution is -2.47. The van der Waals surface area contributed by atoms with Crippen molar-refractivity contribution in [2.24, 2.45) is 5.41 Å². The normalized spacial score (nSPS) is 17.1. The van der Waals surface area contributed by atoms with E-state index in [9.17, 15) is 5.11 Å². The smallest absolute Gasteiger partial charge is 0.0869 e. The van der Waals surface area contributed by atoms with Gasteiger partial charge in [0.2, 0.25) is 0 Å². The van der Waals surface area contributed by atoms with Gasteiger partial charge in [-0.3, -0.25) is 0 Å². The third-order valence-electron chi connectivity index (χ3n) is 1.82. The molecule has 2 N–H and O–H groups in total. The summed E-state index contributed by atoms with van der Waals surface area (Å²) in [5, 5.41) is 13.3. The SMILES string of the molecule is CN(C)CC(C)(O)CNCC(C)(C)C. The van der Waals surface area contributed by atoms with E-state index in [2.05, 4.69) is 26.1 Å². The van der Waals surface area contributed by atoms with Gasteiger partial charge in [-0.15, -0.1) is 0 Å². The molecule has 0 heterocycles. The van der Waals surface area contributed by atoms with Gasteiger partial charge < -0.3 is 15.3 Å². The zero-order valence-electron chi connectivity index (χ0n) is 10.5. The number of likely N-dealkylation sites (N-methyl/N-ethyl adjacent to an activating group) is 1. The van der Waals surface area contributed by atoms with Crippen LogP contribution in [0.1, 0.15) is 27.7 Å². The molecule has 3 heteroatoms. The molecule has 3 nitrogen and oxygen atoms in total. The van der Waals surface area contributed by atoms with Gasteiger partial charge in [0.25, 0.3) is 0 Å². The van der Waals surface area contributed by atoms with Gasteiger partial charge in [-0.05, 0) is 26.4 Å². The first kappa shape index (κ1) is 13.9. The van der Waals surface area contributed by atoms with E-state index >= 15 is 0 Å². The molecular formula is C11H26N2O. The Morgan fingerprint density at radius 3 is 1.93 bits per heavy atom. The summed E-state index contributed by atoms with van der Waals surface area (Å²) in [4.78, 5) is 2.00. The Labute approximate surface area is 88.5 Å². The first-order valence-corrected chi connectivity index (χ1v) is 5.20. The van der Waals surface area contributed by atoms with Gasteiger partial charge in [0.15, 0.2) is 0 Å². The maximum atomic E-state index is 9.98. The number of hydrogen-bond donors (Lipinski definition) is 2. The molecule has 0 amide bonds. The minimum Gasteiger partial charge on any atom is -0.388 e. The molecule has 1 atom stereocenters. The maximum Gasteiger partial charge on any atom is 0.0869 e. The topological polar surface area (TPSA) is 35.5 Å². The van der Waals surface area contributed by atoms with E-state index in [1.54, 1.807) is 0 Å². The minimum absolute atomic E-state index is 0.272. The van der Waals surface area contributed by atoms with Crippen LogP contribution in [-0.4, -0.2) is 49.3 Å². The fourth-order valence-electron chi connectivity index (χ4n) is 1.44. The van der Waals surface area contributed by atoms with E-state index in [4.69, 9.17) is 0 Å². The lowest BCUT2D eigenvalue weighted by molar-refractivity contribution is 0.0323. The summed E-state index contributed by atoms with van der Waals surface area (Å²) in [5.41, 5.74) is -0.372. The van der Waals surface area contributed by atoms with Gasteiger partial charge in [-0.2, -0.15) is 0 Å². The van der Waals surface area contributed by atoms with Crippen LogP contribution in [0.4, 0.5) is 0 Å². The molecule has 0 aromatic rings. The fraction of sp³-hybridized carbons (Fsp3) is 1.00. The van der Waals surface area contributed by atoms with Crippen LogP contribution in [-0.2, 0) is 0 Å². The average Bonchev–Trinajstić information content (AvgIpc) is 1.78. The Morgan fingerprint density at radius 2 is 1.57 bits per heavy atom. The van der Waals surface area contributed by atoms with E-state index in [0.29, 0.717) is 13.1 Å². The van der Waals surface area contributed by atoms with Crippen molar-refractivity contribution in [1.82, 2.24) is 10.2 Å². The highest BCUT2D eigenvalue weighted by molar-refractivity contribution is 4.79. The van der Waals surface area contributed by atoms with Crippen molar-refractivity contribution in [2.75, 3.05) is 33.7 Å². The summed E-state index contributed by atoms with van der Waals surface area (Å²) in [6.45, 7) is 10.7. The largest absolute Gasteiger partial charge is 0.388 e. The molecule has 0 aliphatic carbocycles. The molecule has 0 saturated carbocycles. The van der Waals surface area contributed by atoms with Crippen molar-refractivity contribution in [2.45, 2.75) is 33.3 Å². The zero-order valence-corrected chi connectivity index (χ0v) is 10.5. The second-order valence-corrected chi connectivity index (χ2v) is 5.90. The number of nitrogens with zero attached hydrogens (tertiary/aromatic N) is 1. The quantitative estimate of drug-likeness (QED) is 0.696. The highest BCUT2D eigenvalue weighted by atomic mass is 16.3. The monoisotopic (exact) mass is 202 g/mol. The molecule has 0 aromatic carbocycles. The molecular weight excluding hydrogens is 176 g/mol. The molecule has 0 saturated heterocycles. The molecule has 14 heavy (non-hydrogen) atoms. The van der Waals surface area contributed by atoms with Gasteiger partial charge in [0.1, 0.15) is 0 Å². The van der Waals surface area contributed by atoms with E-state index in [0.717, 1.165) is 6.54 Å². The highest BCUT2D eigenvalue weighted by Gasteiger charge is 2.21. The second kappa shape index (κ2) is 5.10. The molecule has 0 spiro atoms. The lowest BCUT2D eigenvalue weighted by atomic mass is 9.96. The third kappa shape index (κ3) is 8.48. The molecule has 0 radical (unpaired) electrons. The first-order chi connectivity index (χ1) is 6.12. The molecule has 0 aliphatic heterocycles. The predicted octanol–water partition coefficient (Wildman–Crippen LogP) is 0.935. The molecule has 86 valence electrons. The Balaban J connectivity index is 3.76. The number of nitrogens with one attached hydrogen (secondary N) is 1. The van der Waals surface area contributed by atoms with Gasteiger partial charge in [0.05, 0.1) is 5.60 Å². The van der Waals surface area contributed by atoms with E-state index < -0.39 is 5.60 Å². The van der Waals surface area contributed by atoms with Crippen LogP contribution in [0.5, 0.6) is 0 Å². The summed E-state index contributed by atoms with van der Waals surface area (Å²) >= 11 is 0. The Kier molecular flexibility index (Phi) is 5.06. The van der Waals surface area contributed by atoms with Gasteiger partial charge in [0, 0.05) is 19.6 Å². The average molecular weight is 202 g/mol. The summed E-state index contributed by atoms with van der Waals surface area (Å²) in [5.74, 6) is 0. The van der Waals surface area contributed by atoms with Crippen LogP contribution in [0.25, 0.3) is 0 Å². The van der Waals surface area contributed by atoms with Crippen LogP contribution < -0.4 is 5.32 Å². The highest BCUT2D eigenvalue weighted by Crippen LogP contribution is 2.11. The molecule has 0 bridgehead atoms. The Hall–Kier alpha value is -0.120. The zero-order chi connectivity index (χ0) is 11.4.